The maximum atomic E-state index is 11.2. The molecule has 0 saturated carbocycles. The molecule has 0 aliphatic heterocycles. The number of carbonyl (C=O) groups excluding carboxylic acids is 1. The van der Waals surface area contributed by atoms with Crippen molar-refractivity contribution < 1.29 is 14.3 Å². The quantitative estimate of drug-likeness (QED) is 0.569. The lowest BCUT2D eigenvalue weighted by Gasteiger charge is -2.13. The van der Waals surface area contributed by atoms with E-state index in [1.807, 2.05) is 18.2 Å². The van der Waals surface area contributed by atoms with Gasteiger partial charge >= 0.3 is 0 Å². The maximum Gasteiger partial charge on any atom is 0.225 e. The number of methoxy groups -OCH3 is 1. The summed E-state index contributed by atoms with van der Waals surface area (Å²) in [6, 6.07) is 5.73. The van der Waals surface area contributed by atoms with Crippen LogP contribution in [0.5, 0.6) is 11.5 Å². The average Bonchev–Trinajstić information content (AvgIpc) is 2.53. The molecular formula is C16H24N2O3S. The van der Waals surface area contributed by atoms with E-state index in [0.717, 1.165) is 24.2 Å². The first kappa shape index (κ1) is 18.2. The molecule has 0 spiro atoms. The molecule has 0 radical (unpaired) electrons. The molecule has 0 heterocycles. The van der Waals surface area contributed by atoms with Crippen LogP contribution in [0.25, 0.3) is 0 Å². The topological polar surface area (TPSA) is 59.6 Å². The Morgan fingerprint density at radius 1 is 1.27 bits per heavy atom. The summed E-state index contributed by atoms with van der Waals surface area (Å²) in [5.41, 5.74) is 0.993. The maximum absolute atomic E-state index is 11.2. The summed E-state index contributed by atoms with van der Waals surface area (Å²) in [6.45, 7) is 5.08. The minimum absolute atomic E-state index is 0.102. The Bertz CT molecular complexity index is 506. The van der Waals surface area contributed by atoms with E-state index in [-0.39, 0.29) is 5.91 Å². The Labute approximate surface area is 137 Å². The number of benzene rings is 1. The van der Waals surface area contributed by atoms with Crippen molar-refractivity contribution in [3.63, 3.8) is 0 Å². The number of rotatable bonds is 8. The Kier molecular flexibility index (Phi) is 8.28. The number of amides is 1. The number of hydrogen-bond acceptors (Lipinski definition) is 4. The molecule has 1 rings (SSSR count). The molecule has 0 saturated heterocycles. The van der Waals surface area contributed by atoms with E-state index in [2.05, 4.69) is 17.6 Å². The van der Waals surface area contributed by atoms with Crippen molar-refractivity contribution in [3.05, 3.63) is 23.8 Å². The van der Waals surface area contributed by atoms with Gasteiger partial charge in [-0.05, 0) is 36.3 Å². The first-order valence-electron chi connectivity index (χ1n) is 7.48. The summed E-state index contributed by atoms with van der Waals surface area (Å²) in [4.78, 5) is 11.2. The number of hydrogen-bond donors (Lipinski definition) is 2. The van der Waals surface area contributed by atoms with Gasteiger partial charge in [-0.2, -0.15) is 0 Å². The zero-order valence-electron chi connectivity index (χ0n) is 13.4. The SMILES string of the molecule is CCCCOc1ccc(CNC(=S)NC(=O)CC)cc1OC. The third-order valence-corrected chi connectivity index (χ3v) is 3.26. The number of nitrogens with one attached hydrogen (secondary N) is 2. The van der Waals surface area contributed by atoms with E-state index >= 15 is 0 Å². The first-order valence-corrected chi connectivity index (χ1v) is 7.88. The largest absolute Gasteiger partial charge is 0.493 e. The molecule has 22 heavy (non-hydrogen) atoms. The van der Waals surface area contributed by atoms with Gasteiger partial charge in [-0.25, -0.2) is 0 Å². The van der Waals surface area contributed by atoms with E-state index < -0.39 is 0 Å². The van der Waals surface area contributed by atoms with E-state index in [4.69, 9.17) is 21.7 Å². The highest BCUT2D eigenvalue weighted by atomic mass is 32.1. The molecule has 122 valence electrons. The van der Waals surface area contributed by atoms with Crippen molar-refractivity contribution in [2.75, 3.05) is 13.7 Å². The van der Waals surface area contributed by atoms with Crippen LogP contribution in [0.2, 0.25) is 0 Å². The first-order chi connectivity index (χ1) is 10.6. The number of thiocarbonyl (C=S) groups is 1. The molecule has 0 aromatic heterocycles. The van der Waals surface area contributed by atoms with E-state index in [1.54, 1.807) is 14.0 Å². The summed E-state index contributed by atoms with van der Waals surface area (Å²) < 4.78 is 11.0. The normalized spacial score (nSPS) is 9.95. The van der Waals surface area contributed by atoms with Gasteiger partial charge in [0.1, 0.15) is 0 Å². The highest BCUT2D eigenvalue weighted by Crippen LogP contribution is 2.28. The fourth-order valence-corrected chi connectivity index (χ4v) is 1.90. The van der Waals surface area contributed by atoms with Crippen LogP contribution in [-0.2, 0) is 11.3 Å². The zero-order chi connectivity index (χ0) is 16.4. The second-order valence-corrected chi connectivity index (χ2v) is 5.18. The van der Waals surface area contributed by atoms with Crippen LogP contribution in [0, 0.1) is 0 Å². The molecular weight excluding hydrogens is 300 g/mol. The molecule has 0 fully saturated rings. The summed E-state index contributed by atoms with van der Waals surface area (Å²) in [5, 5.41) is 5.92. The standard InChI is InChI=1S/C16H24N2O3S/c1-4-6-9-21-13-8-7-12(10-14(13)20-3)11-17-16(22)18-15(19)5-2/h7-8,10H,4-6,9,11H2,1-3H3,(H2,17,18,19,22). The van der Waals surface area contributed by atoms with Crippen LogP contribution in [-0.4, -0.2) is 24.7 Å². The van der Waals surface area contributed by atoms with Gasteiger partial charge < -0.3 is 20.1 Å². The van der Waals surface area contributed by atoms with Crippen molar-refractivity contribution in [3.8, 4) is 11.5 Å². The molecule has 0 aliphatic carbocycles. The Hall–Kier alpha value is -1.82. The van der Waals surface area contributed by atoms with Crippen LogP contribution < -0.4 is 20.1 Å². The second-order valence-electron chi connectivity index (χ2n) is 4.77. The molecule has 0 aliphatic rings. The van der Waals surface area contributed by atoms with E-state index in [9.17, 15) is 4.79 Å². The van der Waals surface area contributed by atoms with Crippen LogP contribution in [0.15, 0.2) is 18.2 Å². The molecule has 1 aromatic rings. The Balaban J connectivity index is 2.57. The van der Waals surface area contributed by atoms with Crippen molar-refractivity contribution in [2.24, 2.45) is 0 Å². The summed E-state index contributed by atoms with van der Waals surface area (Å²) >= 11 is 5.05. The van der Waals surface area contributed by atoms with Gasteiger partial charge in [-0.1, -0.05) is 26.3 Å². The fraction of sp³-hybridized carbons (Fsp3) is 0.500. The van der Waals surface area contributed by atoms with E-state index in [0.29, 0.717) is 30.4 Å². The fourth-order valence-electron chi connectivity index (χ4n) is 1.71. The number of ether oxygens (including phenoxy) is 2. The Morgan fingerprint density at radius 3 is 2.68 bits per heavy atom. The van der Waals surface area contributed by atoms with Gasteiger partial charge in [0.2, 0.25) is 5.91 Å². The molecule has 0 bridgehead atoms. The number of carbonyl (C=O) groups is 1. The zero-order valence-corrected chi connectivity index (χ0v) is 14.2. The molecule has 5 nitrogen and oxygen atoms in total. The molecule has 2 N–H and O–H groups in total. The van der Waals surface area contributed by atoms with Gasteiger partial charge in [0.15, 0.2) is 16.6 Å². The molecule has 0 atom stereocenters. The minimum atomic E-state index is -0.102. The monoisotopic (exact) mass is 324 g/mol. The molecule has 6 heteroatoms. The number of unbranched alkanes of at least 4 members (excludes halogenated alkanes) is 1. The molecule has 0 unspecified atom stereocenters. The van der Waals surface area contributed by atoms with Gasteiger partial charge in [0.05, 0.1) is 13.7 Å². The third-order valence-electron chi connectivity index (χ3n) is 3.01. The van der Waals surface area contributed by atoms with Crippen molar-refractivity contribution >= 4 is 23.2 Å². The van der Waals surface area contributed by atoms with Crippen LogP contribution in [0.4, 0.5) is 0 Å². The lowest BCUT2D eigenvalue weighted by molar-refractivity contribution is -0.119. The van der Waals surface area contributed by atoms with Gasteiger partial charge in [0.25, 0.3) is 0 Å². The summed E-state index contributed by atoms with van der Waals surface area (Å²) in [7, 11) is 1.62. The van der Waals surface area contributed by atoms with Gasteiger partial charge in [0, 0.05) is 13.0 Å². The van der Waals surface area contributed by atoms with Crippen LogP contribution in [0.3, 0.4) is 0 Å². The molecule has 1 amide bonds. The summed E-state index contributed by atoms with van der Waals surface area (Å²) in [5.74, 6) is 1.33. The van der Waals surface area contributed by atoms with Crippen molar-refractivity contribution in [1.29, 1.82) is 0 Å². The van der Waals surface area contributed by atoms with Gasteiger partial charge in [-0.15, -0.1) is 0 Å². The van der Waals surface area contributed by atoms with Crippen molar-refractivity contribution in [2.45, 2.75) is 39.7 Å². The minimum Gasteiger partial charge on any atom is -0.493 e. The highest BCUT2D eigenvalue weighted by molar-refractivity contribution is 7.80. The Morgan fingerprint density at radius 2 is 2.05 bits per heavy atom. The molecule has 1 aromatic carbocycles. The van der Waals surface area contributed by atoms with Crippen LogP contribution >= 0.6 is 12.2 Å². The highest BCUT2D eigenvalue weighted by Gasteiger charge is 2.07. The second kappa shape index (κ2) is 10.00. The lowest BCUT2D eigenvalue weighted by atomic mass is 10.2. The van der Waals surface area contributed by atoms with Crippen LogP contribution in [0.1, 0.15) is 38.7 Å². The lowest BCUT2D eigenvalue weighted by Crippen LogP contribution is -2.38. The summed E-state index contributed by atoms with van der Waals surface area (Å²) in [6.07, 6.45) is 2.50. The predicted molar refractivity (Wildman–Crippen MR) is 91.3 cm³/mol. The predicted octanol–water partition coefficient (Wildman–Crippen LogP) is 2.77. The van der Waals surface area contributed by atoms with Crippen molar-refractivity contribution in [1.82, 2.24) is 10.6 Å². The van der Waals surface area contributed by atoms with Gasteiger partial charge in [-0.3, -0.25) is 4.79 Å². The third kappa shape index (κ3) is 6.30. The van der Waals surface area contributed by atoms with E-state index in [1.165, 1.54) is 0 Å². The average molecular weight is 324 g/mol. The smallest absolute Gasteiger partial charge is 0.225 e.